The number of hydrogen-bond donors (Lipinski definition) is 1. The van der Waals surface area contributed by atoms with E-state index in [0.717, 1.165) is 11.3 Å². The molecular formula is C25H23ClN4O5S2. The van der Waals surface area contributed by atoms with Crippen molar-refractivity contribution >= 4 is 50.7 Å². The van der Waals surface area contributed by atoms with Gasteiger partial charge < -0.3 is 9.64 Å². The molecule has 2 aromatic heterocycles. The first-order valence-electron chi connectivity index (χ1n) is 11.5. The Balaban J connectivity index is 1.55. The maximum atomic E-state index is 12.7. The van der Waals surface area contributed by atoms with Crippen molar-refractivity contribution in [3.8, 4) is 17.3 Å². The third-order valence-electron chi connectivity index (χ3n) is 5.88. The average molecular weight is 559 g/mol. The van der Waals surface area contributed by atoms with E-state index in [0.29, 0.717) is 47.3 Å². The molecule has 0 radical (unpaired) electrons. The Labute approximate surface area is 223 Å². The van der Waals surface area contributed by atoms with E-state index in [9.17, 15) is 23.3 Å². The van der Waals surface area contributed by atoms with Crippen molar-refractivity contribution in [2.24, 2.45) is 5.92 Å². The van der Waals surface area contributed by atoms with Crippen LogP contribution in [0.3, 0.4) is 0 Å². The van der Waals surface area contributed by atoms with Crippen LogP contribution in [0.4, 0.5) is 5.82 Å². The lowest BCUT2D eigenvalue weighted by Crippen LogP contribution is -2.42. The lowest BCUT2D eigenvalue weighted by atomic mass is 9.95. The van der Waals surface area contributed by atoms with E-state index in [1.165, 1.54) is 18.2 Å². The molecule has 0 aliphatic carbocycles. The molecule has 0 atom stereocenters. The molecule has 1 aliphatic heterocycles. The fourth-order valence-corrected chi connectivity index (χ4v) is 6.60. The van der Waals surface area contributed by atoms with Crippen molar-refractivity contribution in [1.82, 2.24) is 9.71 Å². The second-order valence-electron chi connectivity index (χ2n) is 8.24. The number of carbonyl (C=O) groups excluding carboxylic acids is 2. The number of benzene rings is 1. The number of aromatic nitrogens is 1. The summed E-state index contributed by atoms with van der Waals surface area (Å²) < 4.78 is 32.6. The fraction of sp³-hybridized carbons (Fsp3) is 0.280. The molecule has 0 unspecified atom stereocenters. The van der Waals surface area contributed by atoms with Crippen LogP contribution in [0.5, 0.6) is 0 Å². The van der Waals surface area contributed by atoms with E-state index in [-0.39, 0.29) is 21.9 Å². The first kappa shape index (κ1) is 26.6. The normalized spacial score (nSPS) is 14.1. The molecule has 37 heavy (non-hydrogen) atoms. The van der Waals surface area contributed by atoms with Crippen LogP contribution >= 0.6 is 22.9 Å². The SMILES string of the molecule is CCOC(=O)c1cc(C#N)c(N2CCC(C(=O)NS(=O)(=O)c3ccc(Cl)s3)CC2)nc1-c1ccccc1. The Morgan fingerprint density at radius 1 is 1.22 bits per heavy atom. The molecule has 12 heteroatoms. The summed E-state index contributed by atoms with van der Waals surface area (Å²) in [5, 5.41) is 9.82. The quantitative estimate of drug-likeness (QED) is 0.426. The molecule has 9 nitrogen and oxygen atoms in total. The van der Waals surface area contributed by atoms with E-state index in [2.05, 4.69) is 10.8 Å². The summed E-state index contributed by atoms with van der Waals surface area (Å²) in [6.45, 7) is 2.63. The van der Waals surface area contributed by atoms with Gasteiger partial charge in [0.05, 0.1) is 27.8 Å². The molecule has 0 spiro atoms. The van der Waals surface area contributed by atoms with Crippen LogP contribution in [0, 0.1) is 17.2 Å². The summed E-state index contributed by atoms with van der Waals surface area (Å²) in [5.41, 5.74) is 1.50. The van der Waals surface area contributed by atoms with Gasteiger partial charge in [-0.05, 0) is 38.0 Å². The summed E-state index contributed by atoms with van der Waals surface area (Å²) in [5.74, 6) is -1.28. The zero-order chi connectivity index (χ0) is 26.6. The number of nitriles is 1. The highest BCUT2D eigenvalue weighted by Crippen LogP contribution is 2.32. The zero-order valence-electron chi connectivity index (χ0n) is 19.8. The van der Waals surface area contributed by atoms with Crippen LogP contribution in [0.2, 0.25) is 4.34 Å². The first-order valence-corrected chi connectivity index (χ1v) is 14.2. The summed E-state index contributed by atoms with van der Waals surface area (Å²) in [6, 6.07) is 15.5. The fourth-order valence-electron chi connectivity index (χ4n) is 4.07. The predicted octanol–water partition coefficient (Wildman–Crippen LogP) is 4.23. The van der Waals surface area contributed by atoms with E-state index in [1.807, 2.05) is 35.2 Å². The minimum atomic E-state index is -4.00. The molecule has 1 aromatic carbocycles. The largest absolute Gasteiger partial charge is 0.462 e. The number of piperidine rings is 1. The minimum absolute atomic E-state index is 0.0266. The molecule has 4 rings (SSSR count). The van der Waals surface area contributed by atoms with Crippen LogP contribution in [-0.2, 0) is 19.6 Å². The Hall–Kier alpha value is -3.46. The van der Waals surface area contributed by atoms with Crippen LogP contribution in [0.15, 0.2) is 52.7 Å². The summed E-state index contributed by atoms with van der Waals surface area (Å²) in [4.78, 5) is 31.9. The van der Waals surface area contributed by atoms with E-state index in [1.54, 1.807) is 6.92 Å². The molecule has 0 saturated carbocycles. The van der Waals surface area contributed by atoms with Crippen molar-refractivity contribution in [3.63, 3.8) is 0 Å². The summed E-state index contributed by atoms with van der Waals surface area (Å²) in [7, 11) is -4.00. The van der Waals surface area contributed by atoms with Gasteiger partial charge in [0.25, 0.3) is 10.0 Å². The maximum Gasteiger partial charge on any atom is 0.340 e. The first-order chi connectivity index (χ1) is 17.7. The van der Waals surface area contributed by atoms with Crippen LogP contribution in [0.1, 0.15) is 35.7 Å². The standard InChI is InChI=1S/C25H23ClN4O5S2/c1-2-35-25(32)19-14-18(15-27)23(28-22(19)16-6-4-3-5-7-16)30-12-10-17(11-13-30)24(31)29-37(33,34)21-9-8-20(26)36-21/h3-9,14,17H,2,10-13H2,1H3,(H,29,31). The van der Waals surface area contributed by atoms with Gasteiger partial charge in [-0.1, -0.05) is 41.9 Å². The highest BCUT2D eigenvalue weighted by Gasteiger charge is 2.31. The van der Waals surface area contributed by atoms with Crippen molar-refractivity contribution in [2.75, 3.05) is 24.6 Å². The second kappa shape index (κ2) is 11.3. The van der Waals surface area contributed by atoms with Crippen molar-refractivity contribution in [3.05, 3.63) is 64.0 Å². The van der Waals surface area contributed by atoms with E-state index < -0.39 is 27.8 Å². The van der Waals surface area contributed by atoms with Crippen LogP contribution in [0.25, 0.3) is 11.3 Å². The van der Waals surface area contributed by atoms with Crippen LogP contribution in [-0.4, -0.2) is 45.0 Å². The Morgan fingerprint density at radius 3 is 2.51 bits per heavy atom. The van der Waals surface area contributed by atoms with Crippen LogP contribution < -0.4 is 9.62 Å². The van der Waals surface area contributed by atoms with Gasteiger partial charge in [-0.2, -0.15) is 5.26 Å². The number of pyridine rings is 1. The Morgan fingerprint density at radius 2 is 1.92 bits per heavy atom. The number of thiophene rings is 1. The third kappa shape index (κ3) is 5.93. The van der Waals surface area contributed by atoms with Gasteiger partial charge in [0.1, 0.15) is 16.1 Å². The van der Waals surface area contributed by atoms with Crippen molar-refractivity contribution < 1.29 is 22.7 Å². The maximum absolute atomic E-state index is 12.7. The molecule has 1 aliphatic rings. The second-order valence-corrected chi connectivity index (χ2v) is 11.9. The van der Waals surface area contributed by atoms with Gasteiger partial charge in [0, 0.05) is 24.6 Å². The van der Waals surface area contributed by atoms with Crippen molar-refractivity contribution in [1.29, 1.82) is 5.26 Å². The summed E-state index contributed by atoms with van der Waals surface area (Å²) in [6.07, 6.45) is 0.721. The Kier molecular flexibility index (Phi) is 8.12. The number of nitrogens with zero attached hydrogens (tertiary/aromatic N) is 3. The molecule has 192 valence electrons. The Bertz CT molecular complexity index is 1460. The number of amides is 1. The van der Waals surface area contributed by atoms with E-state index >= 15 is 0 Å². The highest BCUT2D eigenvalue weighted by molar-refractivity contribution is 7.92. The number of esters is 1. The molecule has 1 saturated heterocycles. The lowest BCUT2D eigenvalue weighted by Gasteiger charge is -2.33. The molecule has 3 heterocycles. The molecule has 1 N–H and O–H groups in total. The molecule has 3 aromatic rings. The van der Waals surface area contributed by atoms with Gasteiger partial charge in [-0.25, -0.2) is 22.9 Å². The number of anilines is 1. The molecule has 1 amide bonds. The summed E-state index contributed by atoms with van der Waals surface area (Å²) >= 11 is 6.70. The number of hydrogen-bond acceptors (Lipinski definition) is 9. The number of sulfonamides is 1. The average Bonchev–Trinajstić information content (AvgIpc) is 3.36. The van der Waals surface area contributed by atoms with Gasteiger partial charge in [0.2, 0.25) is 5.91 Å². The smallest absolute Gasteiger partial charge is 0.340 e. The highest BCUT2D eigenvalue weighted by atomic mass is 35.5. The topological polar surface area (TPSA) is 129 Å². The number of ether oxygens (including phenoxy) is 1. The predicted molar refractivity (Wildman–Crippen MR) is 140 cm³/mol. The molecule has 0 bridgehead atoms. The van der Waals surface area contributed by atoms with Gasteiger partial charge in [-0.3, -0.25) is 4.79 Å². The minimum Gasteiger partial charge on any atom is -0.462 e. The van der Waals surface area contributed by atoms with E-state index in [4.69, 9.17) is 21.3 Å². The molecule has 1 fully saturated rings. The monoisotopic (exact) mass is 558 g/mol. The zero-order valence-corrected chi connectivity index (χ0v) is 22.2. The van der Waals surface area contributed by atoms with Gasteiger partial charge in [0.15, 0.2) is 0 Å². The third-order valence-corrected chi connectivity index (χ3v) is 8.95. The van der Waals surface area contributed by atoms with Gasteiger partial charge in [-0.15, -0.1) is 11.3 Å². The van der Waals surface area contributed by atoms with Gasteiger partial charge >= 0.3 is 5.97 Å². The number of rotatable bonds is 7. The number of carbonyl (C=O) groups is 2. The number of nitrogens with one attached hydrogen (secondary N) is 1. The van der Waals surface area contributed by atoms with Crippen molar-refractivity contribution in [2.45, 2.75) is 24.0 Å². The number of halogens is 1. The lowest BCUT2D eigenvalue weighted by molar-refractivity contribution is -0.123. The molecular weight excluding hydrogens is 536 g/mol.